The molecule has 1 unspecified atom stereocenters. The van der Waals surface area contributed by atoms with Crippen LogP contribution >= 0.6 is 11.8 Å². The number of nitrogens with one attached hydrogen (secondary N) is 1. The standard InChI is InChI=1S/C17H14N2O3S/c20-14(11-12-7-3-1-4-8-12)19(13-9-5-2-6-10-13)16-15(21)18-17(22)23-16/h1-10,16H,11H2,(H,18,21,22). The number of thioether (sulfide) groups is 1. The summed E-state index contributed by atoms with van der Waals surface area (Å²) in [7, 11) is 0. The van der Waals surface area contributed by atoms with Gasteiger partial charge in [0.25, 0.3) is 11.1 Å². The van der Waals surface area contributed by atoms with Gasteiger partial charge in [-0.2, -0.15) is 0 Å². The molecular formula is C17H14N2O3S. The average Bonchev–Trinajstić information content (AvgIpc) is 2.88. The average molecular weight is 326 g/mol. The van der Waals surface area contributed by atoms with Gasteiger partial charge in [-0.25, -0.2) is 0 Å². The van der Waals surface area contributed by atoms with E-state index in [2.05, 4.69) is 5.32 Å². The van der Waals surface area contributed by atoms with E-state index >= 15 is 0 Å². The third kappa shape index (κ3) is 3.43. The van der Waals surface area contributed by atoms with E-state index in [0.29, 0.717) is 5.69 Å². The van der Waals surface area contributed by atoms with E-state index in [9.17, 15) is 14.4 Å². The first-order valence-corrected chi connectivity index (χ1v) is 7.95. The Bertz CT molecular complexity index is 734. The predicted octanol–water partition coefficient (Wildman–Crippen LogP) is 2.57. The molecule has 1 N–H and O–H groups in total. The number of benzene rings is 2. The Labute approximate surface area is 137 Å². The molecule has 0 aliphatic carbocycles. The Hall–Kier alpha value is -2.60. The minimum absolute atomic E-state index is 0.161. The summed E-state index contributed by atoms with van der Waals surface area (Å²) in [5.41, 5.74) is 1.45. The Morgan fingerprint density at radius 2 is 1.61 bits per heavy atom. The molecule has 5 nitrogen and oxygen atoms in total. The third-order valence-corrected chi connectivity index (χ3v) is 4.37. The van der Waals surface area contributed by atoms with Gasteiger partial charge < -0.3 is 0 Å². The first kappa shape index (κ1) is 15.3. The van der Waals surface area contributed by atoms with Crippen molar-refractivity contribution in [3.05, 3.63) is 66.2 Å². The minimum atomic E-state index is -0.874. The van der Waals surface area contributed by atoms with Crippen molar-refractivity contribution in [1.82, 2.24) is 5.32 Å². The molecule has 2 aromatic rings. The van der Waals surface area contributed by atoms with Crippen LogP contribution in [-0.4, -0.2) is 22.4 Å². The predicted molar refractivity (Wildman–Crippen MR) is 89.0 cm³/mol. The van der Waals surface area contributed by atoms with E-state index in [1.807, 2.05) is 36.4 Å². The smallest absolute Gasteiger partial charge is 0.288 e. The van der Waals surface area contributed by atoms with Crippen molar-refractivity contribution in [2.45, 2.75) is 11.8 Å². The van der Waals surface area contributed by atoms with Crippen molar-refractivity contribution in [3.8, 4) is 0 Å². The maximum atomic E-state index is 12.8. The van der Waals surface area contributed by atoms with Crippen LogP contribution in [0.1, 0.15) is 5.56 Å². The Morgan fingerprint density at radius 1 is 1.00 bits per heavy atom. The number of para-hydroxylation sites is 1. The number of hydrogen-bond acceptors (Lipinski definition) is 4. The van der Waals surface area contributed by atoms with E-state index in [0.717, 1.165) is 17.3 Å². The fourth-order valence-electron chi connectivity index (χ4n) is 2.37. The number of amides is 3. The van der Waals surface area contributed by atoms with Crippen molar-refractivity contribution >= 4 is 34.5 Å². The highest BCUT2D eigenvalue weighted by molar-refractivity contribution is 8.15. The minimum Gasteiger partial charge on any atom is -0.290 e. The number of imide groups is 1. The number of hydrogen-bond donors (Lipinski definition) is 1. The van der Waals surface area contributed by atoms with Gasteiger partial charge in [0.15, 0.2) is 5.37 Å². The molecule has 2 aromatic carbocycles. The summed E-state index contributed by atoms with van der Waals surface area (Å²) in [6.07, 6.45) is 0.161. The third-order valence-electron chi connectivity index (χ3n) is 3.40. The molecule has 0 radical (unpaired) electrons. The summed E-state index contributed by atoms with van der Waals surface area (Å²) in [5, 5.41) is 0.916. The van der Waals surface area contributed by atoms with Gasteiger partial charge in [0.1, 0.15) is 0 Å². The lowest BCUT2D eigenvalue weighted by atomic mass is 10.1. The Balaban J connectivity index is 1.90. The molecule has 116 valence electrons. The zero-order valence-corrected chi connectivity index (χ0v) is 13.0. The topological polar surface area (TPSA) is 66.5 Å². The van der Waals surface area contributed by atoms with E-state index in [4.69, 9.17) is 0 Å². The number of carbonyl (C=O) groups is 3. The van der Waals surface area contributed by atoms with Crippen LogP contribution in [0.15, 0.2) is 60.7 Å². The zero-order valence-electron chi connectivity index (χ0n) is 12.1. The van der Waals surface area contributed by atoms with Crippen molar-refractivity contribution < 1.29 is 14.4 Å². The first-order chi connectivity index (χ1) is 11.1. The zero-order chi connectivity index (χ0) is 16.2. The summed E-state index contributed by atoms with van der Waals surface area (Å²) < 4.78 is 0. The lowest BCUT2D eigenvalue weighted by Crippen LogP contribution is -2.44. The maximum absolute atomic E-state index is 12.8. The van der Waals surface area contributed by atoms with Gasteiger partial charge in [0.05, 0.1) is 6.42 Å². The monoisotopic (exact) mass is 326 g/mol. The summed E-state index contributed by atoms with van der Waals surface area (Å²) in [5.74, 6) is -0.699. The molecule has 1 heterocycles. The lowest BCUT2D eigenvalue weighted by molar-refractivity contribution is -0.123. The molecule has 3 rings (SSSR count). The van der Waals surface area contributed by atoms with E-state index < -0.39 is 16.5 Å². The quantitative estimate of drug-likeness (QED) is 0.938. The molecule has 3 amide bonds. The fraction of sp³-hybridized carbons (Fsp3) is 0.118. The second-order valence-electron chi connectivity index (χ2n) is 5.01. The van der Waals surface area contributed by atoms with E-state index in [-0.39, 0.29) is 12.3 Å². The van der Waals surface area contributed by atoms with Crippen LogP contribution in [0.5, 0.6) is 0 Å². The second kappa shape index (κ2) is 6.66. The highest BCUT2D eigenvalue weighted by Gasteiger charge is 2.39. The fourth-order valence-corrected chi connectivity index (χ4v) is 3.24. The SMILES string of the molecule is O=C1NC(=O)C(N(C(=O)Cc2ccccc2)c2ccccc2)S1. The maximum Gasteiger partial charge on any atom is 0.288 e. The molecule has 1 aliphatic heterocycles. The van der Waals surface area contributed by atoms with Gasteiger partial charge in [-0.1, -0.05) is 48.5 Å². The molecule has 1 aliphatic rings. The molecule has 1 fully saturated rings. The molecule has 6 heteroatoms. The highest BCUT2D eigenvalue weighted by Crippen LogP contribution is 2.28. The van der Waals surface area contributed by atoms with Crippen molar-refractivity contribution in [2.24, 2.45) is 0 Å². The number of nitrogens with zero attached hydrogens (tertiary/aromatic N) is 1. The van der Waals surface area contributed by atoms with Crippen molar-refractivity contribution in [2.75, 3.05) is 4.90 Å². The molecule has 0 bridgehead atoms. The number of anilines is 1. The molecule has 1 atom stereocenters. The van der Waals surface area contributed by atoms with Gasteiger partial charge in [0.2, 0.25) is 5.91 Å². The summed E-state index contributed by atoms with van der Waals surface area (Å²) in [6, 6.07) is 18.2. The molecular weight excluding hydrogens is 312 g/mol. The van der Waals surface area contributed by atoms with Gasteiger partial charge in [0, 0.05) is 5.69 Å². The van der Waals surface area contributed by atoms with Crippen LogP contribution in [0.25, 0.3) is 0 Å². The van der Waals surface area contributed by atoms with Gasteiger partial charge in [-0.05, 0) is 29.5 Å². The number of carbonyl (C=O) groups excluding carboxylic acids is 3. The lowest BCUT2D eigenvalue weighted by Gasteiger charge is -2.26. The normalized spacial score (nSPS) is 17.0. The summed E-state index contributed by atoms with van der Waals surface area (Å²) in [4.78, 5) is 37.6. The molecule has 0 spiro atoms. The largest absolute Gasteiger partial charge is 0.290 e. The van der Waals surface area contributed by atoms with Crippen LogP contribution < -0.4 is 10.2 Å². The van der Waals surface area contributed by atoms with Crippen LogP contribution in [0.4, 0.5) is 10.5 Å². The first-order valence-electron chi connectivity index (χ1n) is 7.07. The van der Waals surface area contributed by atoms with Crippen LogP contribution in [0.3, 0.4) is 0 Å². The molecule has 0 aromatic heterocycles. The van der Waals surface area contributed by atoms with Crippen LogP contribution in [-0.2, 0) is 16.0 Å². The van der Waals surface area contributed by atoms with E-state index in [1.54, 1.807) is 24.3 Å². The van der Waals surface area contributed by atoms with Crippen molar-refractivity contribution in [3.63, 3.8) is 0 Å². The summed E-state index contributed by atoms with van der Waals surface area (Å²) >= 11 is 0.821. The molecule has 23 heavy (non-hydrogen) atoms. The van der Waals surface area contributed by atoms with Gasteiger partial charge in [-0.15, -0.1) is 0 Å². The Kier molecular flexibility index (Phi) is 4.43. The number of rotatable bonds is 4. The molecule has 1 saturated heterocycles. The molecule has 0 saturated carbocycles. The van der Waals surface area contributed by atoms with Gasteiger partial charge >= 0.3 is 0 Å². The summed E-state index contributed by atoms with van der Waals surface area (Å²) in [6.45, 7) is 0. The van der Waals surface area contributed by atoms with Crippen LogP contribution in [0, 0.1) is 0 Å². The van der Waals surface area contributed by atoms with Gasteiger partial charge in [-0.3, -0.25) is 24.6 Å². The second-order valence-corrected chi connectivity index (χ2v) is 6.06. The Morgan fingerprint density at radius 3 is 2.17 bits per heavy atom. The van der Waals surface area contributed by atoms with Crippen molar-refractivity contribution in [1.29, 1.82) is 0 Å². The highest BCUT2D eigenvalue weighted by atomic mass is 32.2. The van der Waals surface area contributed by atoms with E-state index in [1.165, 1.54) is 4.90 Å². The van der Waals surface area contributed by atoms with Crippen LogP contribution in [0.2, 0.25) is 0 Å².